The predicted octanol–water partition coefficient (Wildman–Crippen LogP) is 0.868. The SMILES string of the molecule is O=C(O)c1ccc(-c2ncc(C(=O)O)[nH]2)nc1. The van der Waals surface area contributed by atoms with E-state index in [9.17, 15) is 9.59 Å². The summed E-state index contributed by atoms with van der Waals surface area (Å²) in [6.07, 6.45) is 2.35. The lowest BCUT2D eigenvalue weighted by Gasteiger charge is -1.96. The van der Waals surface area contributed by atoms with Gasteiger partial charge in [0.05, 0.1) is 11.8 Å². The lowest BCUT2D eigenvalue weighted by atomic mass is 10.2. The molecule has 7 nitrogen and oxygen atoms in total. The number of carbonyl (C=O) groups is 2. The number of carboxylic acid groups (broad SMARTS) is 2. The first-order valence-corrected chi connectivity index (χ1v) is 4.56. The highest BCUT2D eigenvalue weighted by atomic mass is 16.4. The fourth-order valence-corrected chi connectivity index (χ4v) is 1.22. The van der Waals surface area contributed by atoms with Crippen LogP contribution in [0.25, 0.3) is 11.5 Å². The van der Waals surface area contributed by atoms with Crippen LogP contribution in [0.1, 0.15) is 20.8 Å². The fourth-order valence-electron chi connectivity index (χ4n) is 1.22. The fraction of sp³-hybridized carbons (Fsp3) is 0. The van der Waals surface area contributed by atoms with E-state index in [0.29, 0.717) is 5.69 Å². The minimum atomic E-state index is -1.12. The smallest absolute Gasteiger partial charge is 0.353 e. The summed E-state index contributed by atoms with van der Waals surface area (Å²) < 4.78 is 0. The summed E-state index contributed by atoms with van der Waals surface area (Å²) in [4.78, 5) is 31.5. The van der Waals surface area contributed by atoms with Crippen molar-refractivity contribution in [2.75, 3.05) is 0 Å². The first kappa shape index (κ1) is 10.8. The Labute approximate surface area is 94.8 Å². The van der Waals surface area contributed by atoms with E-state index in [1.807, 2.05) is 0 Å². The van der Waals surface area contributed by atoms with Gasteiger partial charge in [-0.3, -0.25) is 4.98 Å². The third-order valence-electron chi connectivity index (χ3n) is 2.06. The third-order valence-corrected chi connectivity index (χ3v) is 2.06. The molecule has 2 rings (SSSR count). The van der Waals surface area contributed by atoms with Gasteiger partial charge in [-0.1, -0.05) is 0 Å². The molecule has 0 saturated carbocycles. The normalized spacial score (nSPS) is 10.1. The topological polar surface area (TPSA) is 116 Å². The minimum Gasteiger partial charge on any atom is -0.478 e. The molecule has 3 N–H and O–H groups in total. The summed E-state index contributed by atoms with van der Waals surface area (Å²) >= 11 is 0. The van der Waals surface area contributed by atoms with Crippen molar-refractivity contribution in [2.24, 2.45) is 0 Å². The molecule has 86 valence electrons. The van der Waals surface area contributed by atoms with E-state index in [1.54, 1.807) is 0 Å². The molecule has 0 amide bonds. The van der Waals surface area contributed by atoms with E-state index < -0.39 is 11.9 Å². The predicted molar refractivity (Wildman–Crippen MR) is 55.7 cm³/mol. The van der Waals surface area contributed by atoms with Crippen molar-refractivity contribution in [3.05, 3.63) is 35.8 Å². The number of pyridine rings is 1. The Kier molecular flexibility index (Phi) is 2.57. The summed E-state index contributed by atoms with van der Waals surface area (Å²) in [5, 5.41) is 17.4. The third kappa shape index (κ3) is 2.12. The molecule has 0 fully saturated rings. The summed E-state index contributed by atoms with van der Waals surface area (Å²) in [5.74, 6) is -1.92. The number of nitrogens with zero attached hydrogens (tertiary/aromatic N) is 2. The van der Waals surface area contributed by atoms with Crippen molar-refractivity contribution in [2.45, 2.75) is 0 Å². The molecule has 2 heterocycles. The molecule has 0 unspecified atom stereocenters. The van der Waals surface area contributed by atoms with Crippen LogP contribution in [0.5, 0.6) is 0 Å². The van der Waals surface area contributed by atoms with Gasteiger partial charge in [-0.2, -0.15) is 0 Å². The highest BCUT2D eigenvalue weighted by molar-refractivity contribution is 5.87. The zero-order valence-corrected chi connectivity index (χ0v) is 8.41. The van der Waals surface area contributed by atoms with Crippen LogP contribution in [0.4, 0.5) is 0 Å². The Morgan fingerprint density at radius 1 is 1.06 bits per heavy atom. The molecule has 7 heteroatoms. The van der Waals surface area contributed by atoms with E-state index in [2.05, 4.69) is 15.0 Å². The molecule has 0 aromatic carbocycles. The highest BCUT2D eigenvalue weighted by Crippen LogP contribution is 2.13. The Morgan fingerprint density at radius 2 is 1.82 bits per heavy atom. The van der Waals surface area contributed by atoms with E-state index >= 15 is 0 Å². The second-order valence-electron chi connectivity index (χ2n) is 3.19. The van der Waals surface area contributed by atoms with Crippen molar-refractivity contribution < 1.29 is 19.8 Å². The number of nitrogens with one attached hydrogen (secondary N) is 1. The molecule has 2 aromatic rings. The number of imidazole rings is 1. The van der Waals surface area contributed by atoms with Gasteiger partial charge in [-0.25, -0.2) is 14.6 Å². The average Bonchev–Trinajstić information content (AvgIpc) is 2.78. The van der Waals surface area contributed by atoms with E-state index in [1.165, 1.54) is 24.5 Å². The van der Waals surface area contributed by atoms with Crippen LogP contribution in [-0.4, -0.2) is 37.1 Å². The van der Waals surface area contributed by atoms with E-state index in [-0.39, 0.29) is 17.1 Å². The molecule has 0 aliphatic rings. The van der Waals surface area contributed by atoms with Crippen molar-refractivity contribution in [1.82, 2.24) is 15.0 Å². The van der Waals surface area contributed by atoms with Gasteiger partial charge in [0.15, 0.2) is 5.82 Å². The van der Waals surface area contributed by atoms with Crippen molar-refractivity contribution >= 4 is 11.9 Å². The number of rotatable bonds is 3. The monoisotopic (exact) mass is 233 g/mol. The van der Waals surface area contributed by atoms with Gasteiger partial charge in [0.1, 0.15) is 11.4 Å². The summed E-state index contributed by atoms with van der Waals surface area (Å²) in [5.41, 5.74) is 0.380. The first-order valence-electron chi connectivity index (χ1n) is 4.56. The molecule has 0 saturated heterocycles. The molecular formula is C10H7N3O4. The maximum Gasteiger partial charge on any atom is 0.353 e. The standard InChI is InChI=1S/C10H7N3O4/c14-9(15)5-1-2-6(11-3-5)8-12-4-7(13-8)10(16)17/h1-4H,(H,12,13)(H,14,15)(H,16,17). The number of aromatic carboxylic acids is 2. The van der Waals surface area contributed by atoms with Gasteiger partial charge >= 0.3 is 11.9 Å². The molecule has 0 bridgehead atoms. The Bertz CT molecular complexity index is 573. The zero-order valence-electron chi connectivity index (χ0n) is 8.41. The van der Waals surface area contributed by atoms with Crippen molar-refractivity contribution in [3.8, 4) is 11.5 Å². The Balaban J connectivity index is 2.33. The van der Waals surface area contributed by atoms with Crippen LogP contribution in [0, 0.1) is 0 Å². The number of aromatic nitrogens is 3. The molecule has 0 spiro atoms. The molecule has 0 radical (unpaired) electrons. The molecule has 0 aliphatic heterocycles. The van der Waals surface area contributed by atoms with Crippen LogP contribution < -0.4 is 0 Å². The second kappa shape index (κ2) is 4.05. The van der Waals surface area contributed by atoms with Gasteiger partial charge in [-0.05, 0) is 12.1 Å². The largest absolute Gasteiger partial charge is 0.478 e. The Morgan fingerprint density at radius 3 is 2.29 bits per heavy atom. The van der Waals surface area contributed by atoms with Gasteiger partial charge in [-0.15, -0.1) is 0 Å². The Hall–Kier alpha value is -2.70. The molecule has 17 heavy (non-hydrogen) atoms. The maximum absolute atomic E-state index is 10.6. The highest BCUT2D eigenvalue weighted by Gasteiger charge is 2.10. The lowest BCUT2D eigenvalue weighted by Crippen LogP contribution is -1.98. The quantitative estimate of drug-likeness (QED) is 0.724. The molecular weight excluding hydrogens is 226 g/mol. The number of H-pyrrole nitrogens is 1. The molecule has 0 atom stereocenters. The lowest BCUT2D eigenvalue weighted by molar-refractivity contribution is 0.0683. The maximum atomic E-state index is 10.6. The average molecular weight is 233 g/mol. The van der Waals surface area contributed by atoms with Crippen LogP contribution in [0.15, 0.2) is 24.5 Å². The van der Waals surface area contributed by atoms with Crippen LogP contribution in [-0.2, 0) is 0 Å². The van der Waals surface area contributed by atoms with Crippen LogP contribution in [0.3, 0.4) is 0 Å². The van der Waals surface area contributed by atoms with Gasteiger partial charge in [0.25, 0.3) is 0 Å². The molecule has 2 aromatic heterocycles. The van der Waals surface area contributed by atoms with E-state index in [4.69, 9.17) is 10.2 Å². The van der Waals surface area contributed by atoms with E-state index in [0.717, 1.165) is 0 Å². The molecule has 0 aliphatic carbocycles. The number of hydrogen-bond donors (Lipinski definition) is 3. The van der Waals surface area contributed by atoms with Crippen molar-refractivity contribution in [1.29, 1.82) is 0 Å². The number of hydrogen-bond acceptors (Lipinski definition) is 4. The summed E-state index contributed by atoms with van der Waals surface area (Å²) in [7, 11) is 0. The summed E-state index contributed by atoms with van der Waals surface area (Å²) in [6.45, 7) is 0. The van der Waals surface area contributed by atoms with Gasteiger partial charge < -0.3 is 15.2 Å². The summed E-state index contributed by atoms with van der Waals surface area (Å²) in [6, 6.07) is 2.82. The second-order valence-corrected chi connectivity index (χ2v) is 3.19. The van der Waals surface area contributed by atoms with Crippen LogP contribution in [0.2, 0.25) is 0 Å². The van der Waals surface area contributed by atoms with Crippen LogP contribution >= 0.6 is 0 Å². The van der Waals surface area contributed by atoms with Gasteiger partial charge in [0, 0.05) is 6.20 Å². The van der Waals surface area contributed by atoms with Crippen molar-refractivity contribution in [3.63, 3.8) is 0 Å². The number of carboxylic acids is 2. The van der Waals surface area contributed by atoms with Gasteiger partial charge in [0.2, 0.25) is 0 Å². The zero-order chi connectivity index (χ0) is 12.4. The first-order chi connectivity index (χ1) is 8.08. The minimum absolute atomic E-state index is 0.0517. The number of aromatic amines is 1.